The van der Waals surface area contributed by atoms with Gasteiger partial charge in [0, 0.05) is 16.1 Å². The molecule has 0 aromatic heterocycles. The minimum Gasteiger partial charge on any atom is -0.488 e. The summed E-state index contributed by atoms with van der Waals surface area (Å²) in [6, 6.07) is 18.5. The van der Waals surface area contributed by atoms with E-state index in [2.05, 4.69) is 10.6 Å². The fourth-order valence-electron chi connectivity index (χ4n) is 2.95. The first kappa shape index (κ1) is 17.1. The number of halogens is 1. The van der Waals surface area contributed by atoms with Crippen LogP contribution >= 0.6 is 11.6 Å². The van der Waals surface area contributed by atoms with Crippen LogP contribution in [0.4, 0.5) is 4.79 Å². The summed E-state index contributed by atoms with van der Waals surface area (Å²) < 4.78 is 6.01. The summed E-state index contributed by atoms with van der Waals surface area (Å²) >= 11 is 6.21. The third kappa shape index (κ3) is 3.50. The molecule has 6 heteroatoms. The first-order chi connectivity index (χ1) is 13.1. The topological polar surface area (TPSA) is 67.4 Å². The number of nitrogens with one attached hydrogen (secondary N) is 2. The quantitative estimate of drug-likeness (QED) is 0.526. The first-order valence-electron chi connectivity index (χ1n) is 8.34. The molecule has 1 heterocycles. The van der Waals surface area contributed by atoms with Gasteiger partial charge in [0.05, 0.1) is 0 Å². The molecule has 1 fully saturated rings. The van der Waals surface area contributed by atoms with Gasteiger partial charge in [-0.15, -0.1) is 0 Å². The second-order valence-electron chi connectivity index (χ2n) is 6.04. The molecule has 0 aliphatic carbocycles. The zero-order chi connectivity index (χ0) is 18.8. The van der Waals surface area contributed by atoms with E-state index in [1.54, 1.807) is 6.08 Å². The Kier molecular flexibility index (Phi) is 4.52. The SMILES string of the molecule is O=C1NC(=O)/C(=C\c2c(OCc3ccccc3Cl)ccc3ccccc23)N1. The van der Waals surface area contributed by atoms with E-state index in [0.29, 0.717) is 16.3 Å². The van der Waals surface area contributed by atoms with Crippen LogP contribution in [-0.2, 0) is 11.4 Å². The largest absolute Gasteiger partial charge is 0.488 e. The Morgan fingerprint density at radius 1 is 0.926 bits per heavy atom. The Morgan fingerprint density at radius 2 is 1.70 bits per heavy atom. The number of ether oxygens (including phenoxy) is 1. The third-order valence-corrected chi connectivity index (χ3v) is 4.65. The van der Waals surface area contributed by atoms with Crippen molar-refractivity contribution in [1.82, 2.24) is 10.6 Å². The molecule has 27 heavy (non-hydrogen) atoms. The lowest BCUT2D eigenvalue weighted by atomic mass is 10.0. The van der Waals surface area contributed by atoms with Crippen molar-refractivity contribution in [1.29, 1.82) is 0 Å². The number of imide groups is 1. The van der Waals surface area contributed by atoms with Crippen LogP contribution in [-0.4, -0.2) is 11.9 Å². The van der Waals surface area contributed by atoms with Crippen molar-refractivity contribution < 1.29 is 14.3 Å². The van der Waals surface area contributed by atoms with Crippen LogP contribution in [0.1, 0.15) is 11.1 Å². The van der Waals surface area contributed by atoms with E-state index in [1.807, 2.05) is 60.7 Å². The highest BCUT2D eigenvalue weighted by Crippen LogP contribution is 2.31. The van der Waals surface area contributed by atoms with Crippen molar-refractivity contribution >= 4 is 40.4 Å². The van der Waals surface area contributed by atoms with E-state index in [9.17, 15) is 9.59 Å². The van der Waals surface area contributed by atoms with Gasteiger partial charge < -0.3 is 10.1 Å². The van der Waals surface area contributed by atoms with Gasteiger partial charge >= 0.3 is 6.03 Å². The molecule has 1 saturated heterocycles. The molecule has 5 nitrogen and oxygen atoms in total. The van der Waals surface area contributed by atoms with Crippen LogP contribution < -0.4 is 15.4 Å². The van der Waals surface area contributed by atoms with Crippen molar-refractivity contribution in [3.8, 4) is 5.75 Å². The smallest absolute Gasteiger partial charge is 0.326 e. The van der Waals surface area contributed by atoms with Gasteiger partial charge in [-0.25, -0.2) is 4.79 Å². The number of benzene rings is 3. The molecule has 4 rings (SSSR count). The van der Waals surface area contributed by atoms with E-state index in [1.165, 1.54) is 0 Å². The molecule has 1 aliphatic heterocycles. The van der Waals surface area contributed by atoms with Gasteiger partial charge in [-0.2, -0.15) is 0 Å². The number of rotatable bonds is 4. The van der Waals surface area contributed by atoms with Crippen LogP contribution in [0.25, 0.3) is 16.8 Å². The summed E-state index contributed by atoms with van der Waals surface area (Å²) in [7, 11) is 0. The lowest BCUT2D eigenvalue weighted by Gasteiger charge is -2.13. The second kappa shape index (κ2) is 7.13. The lowest BCUT2D eigenvalue weighted by Crippen LogP contribution is -2.22. The van der Waals surface area contributed by atoms with E-state index in [0.717, 1.165) is 16.3 Å². The Labute approximate surface area is 160 Å². The normalized spacial score (nSPS) is 15.1. The van der Waals surface area contributed by atoms with Crippen LogP contribution in [0.2, 0.25) is 5.02 Å². The predicted molar refractivity (Wildman–Crippen MR) is 104 cm³/mol. The molecule has 0 bridgehead atoms. The molecule has 2 N–H and O–H groups in total. The average molecular weight is 379 g/mol. The lowest BCUT2D eigenvalue weighted by molar-refractivity contribution is -0.115. The summed E-state index contributed by atoms with van der Waals surface area (Å²) in [5, 5.41) is 7.25. The van der Waals surface area contributed by atoms with E-state index >= 15 is 0 Å². The fourth-order valence-corrected chi connectivity index (χ4v) is 3.14. The van der Waals surface area contributed by atoms with E-state index in [4.69, 9.17) is 16.3 Å². The number of carbonyl (C=O) groups excluding carboxylic acids is 2. The van der Waals surface area contributed by atoms with E-state index < -0.39 is 11.9 Å². The van der Waals surface area contributed by atoms with Gasteiger partial charge in [0.25, 0.3) is 5.91 Å². The molecule has 0 atom stereocenters. The van der Waals surface area contributed by atoms with E-state index in [-0.39, 0.29) is 12.3 Å². The van der Waals surface area contributed by atoms with Gasteiger partial charge in [-0.05, 0) is 29.0 Å². The third-order valence-electron chi connectivity index (χ3n) is 4.28. The van der Waals surface area contributed by atoms with Crippen molar-refractivity contribution in [3.05, 3.63) is 82.5 Å². The number of urea groups is 1. The Hall–Kier alpha value is -3.31. The van der Waals surface area contributed by atoms with Crippen LogP contribution in [0, 0.1) is 0 Å². The molecule has 1 aliphatic rings. The molecule has 0 saturated carbocycles. The molecular formula is C21H15ClN2O3. The average Bonchev–Trinajstić information content (AvgIpc) is 2.99. The molecule has 0 unspecified atom stereocenters. The fraction of sp³-hybridized carbons (Fsp3) is 0.0476. The molecule has 3 aromatic rings. The zero-order valence-corrected chi connectivity index (χ0v) is 14.9. The van der Waals surface area contributed by atoms with Crippen molar-refractivity contribution in [2.75, 3.05) is 0 Å². The number of amides is 3. The van der Waals surface area contributed by atoms with Gasteiger partial charge in [-0.3, -0.25) is 10.1 Å². The van der Waals surface area contributed by atoms with Gasteiger partial charge in [0.2, 0.25) is 0 Å². The maximum Gasteiger partial charge on any atom is 0.326 e. The summed E-state index contributed by atoms with van der Waals surface area (Å²) in [4.78, 5) is 23.4. The maximum absolute atomic E-state index is 11.9. The summed E-state index contributed by atoms with van der Waals surface area (Å²) in [5.41, 5.74) is 1.75. The molecule has 0 radical (unpaired) electrons. The monoisotopic (exact) mass is 378 g/mol. The molecule has 3 aromatic carbocycles. The predicted octanol–water partition coefficient (Wildman–Crippen LogP) is 4.25. The minimum absolute atomic E-state index is 0.180. The second-order valence-corrected chi connectivity index (χ2v) is 6.45. The molecule has 0 spiro atoms. The van der Waals surface area contributed by atoms with Crippen LogP contribution in [0.15, 0.2) is 66.4 Å². The number of hydrogen-bond donors (Lipinski definition) is 2. The Bertz CT molecular complexity index is 1090. The number of carbonyl (C=O) groups is 2. The number of fused-ring (bicyclic) bond motifs is 1. The van der Waals surface area contributed by atoms with Crippen LogP contribution in [0.3, 0.4) is 0 Å². The highest BCUT2D eigenvalue weighted by atomic mass is 35.5. The zero-order valence-electron chi connectivity index (χ0n) is 14.2. The standard InChI is InChI=1S/C21H15ClN2O3/c22-17-8-4-2-6-14(17)12-27-19-10-9-13-5-1-3-7-15(13)16(19)11-18-20(25)24-21(26)23-18/h1-11H,12H2,(H2,23,24,25,26)/b18-11+. The molecule has 134 valence electrons. The molecule has 3 amide bonds. The van der Waals surface area contributed by atoms with Crippen molar-refractivity contribution in [2.45, 2.75) is 6.61 Å². The highest BCUT2D eigenvalue weighted by molar-refractivity contribution is 6.31. The number of hydrogen-bond acceptors (Lipinski definition) is 3. The molecular weight excluding hydrogens is 364 g/mol. The van der Waals surface area contributed by atoms with Gasteiger partial charge in [0.15, 0.2) is 0 Å². The Balaban J connectivity index is 1.76. The Morgan fingerprint density at radius 3 is 2.48 bits per heavy atom. The first-order valence-corrected chi connectivity index (χ1v) is 8.71. The summed E-state index contributed by atoms with van der Waals surface area (Å²) in [5.74, 6) is 0.125. The van der Waals surface area contributed by atoms with Crippen molar-refractivity contribution in [2.24, 2.45) is 0 Å². The summed E-state index contributed by atoms with van der Waals surface area (Å²) in [6.07, 6.45) is 1.63. The summed E-state index contributed by atoms with van der Waals surface area (Å²) in [6.45, 7) is 0.284. The van der Waals surface area contributed by atoms with Gasteiger partial charge in [-0.1, -0.05) is 60.1 Å². The highest BCUT2D eigenvalue weighted by Gasteiger charge is 2.23. The van der Waals surface area contributed by atoms with Crippen LogP contribution in [0.5, 0.6) is 5.75 Å². The van der Waals surface area contributed by atoms with Gasteiger partial charge in [0.1, 0.15) is 18.1 Å². The van der Waals surface area contributed by atoms with Crippen molar-refractivity contribution in [3.63, 3.8) is 0 Å². The maximum atomic E-state index is 11.9. The minimum atomic E-state index is -0.537.